The summed E-state index contributed by atoms with van der Waals surface area (Å²) < 4.78 is 1.63. The Morgan fingerprint density at radius 3 is 2.70 bits per heavy atom. The van der Waals surface area contributed by atoms with Crippen LogP contribution >= 0.6 is 11.8 Å². The summed E-state index contributed by atoms with van der Waals surface area (Å²) in [6.07, 6.45) is 5.80. The summed E-state index contributed by atoms with van der Waals surface area (Å²) in [6, 6.07) is 2.28. The van der Waals surface area contributed by atoms with Crippen LogP contribution in [0.15, 0.2) is 18.5 Å². The molecule has 0 unspecified atom stereocenters. The number of nitrogens with one attached hydrogen (secondary N) is 2. The summed E-state index contributed by atoms with van der Waals surface area (Å²) in [5, 5.41) is 10.5. The number of anilines is 2. The molecule has 2 aromatic rings. The van der Waals surface area contributed by atoms with Crippen LogP contribution in [0.1, 0.15) is 12.8 Å². The average Bonchev–Trinajstić information content (AvgIpc) is 3.02. The second kappa shape index (κ2) is 6.08. The first-order valence-electron chi connectivity index (χ1n) is 6.63. The second-order valence-electron chi connectivity index (χ2n) is 4.51. The van der Waals surface area contributed by atoms with Gasteiger partial charge in [0.15, 0.2) is 0 Å². The van der Waals surface area contributed by atoms with E-state index in [0.717, 1.165) is 12.8 Å². The zero-order chi connectivity index (χ0) is 13.8. The van der Waals surface area contributed by atoms with Crippen molar-refractivity contribution >= 4 is 23.7 Å². The van der Waals surface area contributed by atoms with Crippen LogP contribution in [0.25, 0.3) is 5.95 Å². The van der Waals surface area contributed by atoms with Gasteiger partial charge in [0.1, 0.15) is 0 Å². The van der Waals surface area contributed by atoms with Crippen molar-refractivity contribution in [3.63, 3.8) is 0 Å². The van der Waals surface area contributed by atoms with Crippen molar-refractivity contribution < 1.29 is 0 Å². The van der Waals surface area contributed by atoms with Gasteiger partial charge in [-0.25, -0.2) is 4.68 Å². The normalized spacial score (nSPS) is 16.1. The maximum atomic E-state index is 4.44. The summed E-state index contributed by atoms with van der Waals surface area (Å²) in [5.41, 5.74) is 0. The largest absolute Gasteiger partial charge is 0.357 e. The van der Waals surface area contributed by atoms with Crippen LogP contribution in [0, 0.1) is 0 Å². The molecule has 0 bridgehead atoms. The number of aromatic nitrogens is 5. The van der Waals surface area contributed by atoms with Crippen LogP contribution in [0.5, 0.6) is 0 Å². The van der Waals surface area contributed by atoms with Crippen molar-refractivity contribution in [3.05, 3.63) is 18.5 Å². The SMILES string of the molecule is CNc1nc(NC2CCSCC2)nc(-n2cccn2)n1. The Balaban J connectivity index is 1.84. The summed E-state index contributed by atoms with van der Waals surface area (Å²) in [7, 11) is 1.79. The third-order valence-electron chi connectivity index (χ3n) is 3.11. The highest BCUT2D eigenvalue weighted by molar-refractivity contribution is 7.99. The summed E-state index contributed by atoms with van der Waals surface area (Å²) in [5.74, 6) is 4.04. The first-order valence-corrected chi connectivity index (χ1v) is 7.79. The number of thioether (sulfide) groups is 1. The molecule has 0 spiro atoms. The third-order valence-corrected chi connectivity index (χ3v) is 4.16. The third kappa shape index (κ3) is 3.01. The zero-order valence-electron chi connectivity index (χ0n) is 11.3. The van der Waals surface area contributed by atoms with Crippen molar-refractivity contribution in [1.29, 1.82) is 0 Å². The molecule has 0 saturated carbocycles. The molecule has 1 aliphatic heterocycles. The summed E-state index contributed by atoms with van der Waals surface area (Å²) in [4.78, 5) is 13.1. The van der Waals surface area contributed by atoms with Crippen LogP contribution in [0.3, 0.4) is 0 Å². The van der Waals surface area contributed by atoms with Gasteiger partial charge in [0.2, 0.25) is 11.9 Å². The van der Waals surface area contributed by atoms with E-state index >= 15 is 0 Å². The molecule has 0 atom stereocenters. The number of hydrogen-bond acceptors (Lipinski definition) is 7. The minimum Gasteiger partial charge on any atom is -0.357 e. The Kier molecular flexibility index (Phi) is 4.00. The highest BCUT2D eigenvalue weighted by atomic mass is 32.2. The monoisotopic (exact) mass is 291 g/mol. The van der Waals surface area contributed by atoms with Crippen molar-refractivity contribution in [2.24, 2.45) is 0 Å². The molecule has 0 radical (unpaired) electrons. The van der Waals surface area contributed by atoms with E-state index in [9.17, 15) is 0 Å². The van der Waals surface area contributed by atoms with E-state index in [4.69, 9.17) is 0 Å². The van der Waals surface area contributed by atoms with Crippen LogP contribution in [-0.4, -0.2) is 49.3 Å². The molecule has 1 aliphatic rings. The van der Waals surface area contributed by atoms with E-state index < -0.39 is 0 Å². The molecular weight excluding hydrogens is 274 g/mol. The predicted molar refractivity (Wildman–Crippen MR) is 80.5 cm³/mol. The van der Waals surface area contributed by atoms with Crippen LogP contribution in [0.4, 0.5) is 11.9 Å². The van der Waals surface area contributed by atoms with E-state index in [1.54, 1.807) is 17.9 Å². The lowest BCUT2D eigenvalue weighted by Gasteiger charge is -2.22. The lowest BCUT2D eigenvalue weighted by atomic mass is 10.2. The Hall–Kier alpha value is -1.83. The van der Waals surface area contributed by atoms with Gasteiger partial charge in [0, 0.05) is 25.5 Å². The molecular formula is C12H17N7S. The molecule has 1 saturated heterocycles. The fourth-order valence-electron chi connectivity index (χ4n) is 2.06. The molecule has 7 nitrogen and oxygen atoms in total. The molecule has 3 rings (SSSR count). The second-order valence-corrected chi connectivity index (χ2v) is 5.74. The van der Waals surface area contributed by atoms with Crippen LogP contribution < -0.4 is 10.6 Å². The van der Waals surface area contributed by atoms with E-state index in [-0.39, 0.29) is 0 Å². The molecule has 1 fully saturated rings. The molecule has 0 aliphatic carbocycles. The van der Waals surface area contributed by atoms with E-state index in [1.165, 1.54) is 11.5 Å². The lowest BCUT2D eigenvalue weighted by molar-refractivity contribution is 0.657. The van der Waals surface area contributed by atoms with Crippen molar-refractivity contribution in [1.82, 2.24) is 24.7 Å². The van der Waals surface area contributed by atoms with Gasteiger partial charge in [-0.15, -0.1) is 0 Å². The molecule has 3 heterocycles. The minimum absolute atomic E-state index is 0.439. The molecule has 2 aromatic heterocycles. The predicted octanol–water partition coefficient (Wildman–Crippen LogP) is 1.41. The zero-order valence-corrected chi connectivity index (χ0v) is 12.1. The van der Waals surface area contributed by atoms with Crippen LogP contribution in [0.2, 0.25) is 0 Å². The van der Waals surface area contributed by atoms with E-state index in [1.807, 2.05) is 24.0 Å². The van der Waals surface area contributed by atoms with E-state index in [0.29, 0.717) is 23.9 Å². The molecule has 2 N–H and O–H groups in total. The Bertz CT molecular complexity index is 551. The number of rotatable bonds is 4. The summed E-state index contributed by atoms with van der Waals surface area (Å²) >= 11 is 2.00. The van der Waals surface area contributed by atoms with Crippen molar-refractivity contribution in [2.45, 2.75) is 18.9 Å². The quantitative estimate of drug-likeness (QED) is 0.881. The molecule has 8 heteroatoms. The Morgan fingerprint density at radius 2 is 2.00 bits per heavy atom. The standard InChI is InChI=1S/C12H17N7S/c1-13-10-16-11(15-9-3-7-20-8-4-9)18-12(17-10)19-6-2-5-14-19/h2,5-6,9H,3-4,7-8H2,1H3,(H2,13,15,16,17,18). The van der Waals surface area contributed by atoms with Crippen LogP contribution in [-0.2, 0) is 0 Å². The van der Waals surface area contributed by atoms with Gasteiger partial charge in [-0.1, -0.05) is 0 Å². The van der Waals surface area contributed by atoms with Crippen molar-refractivity contribution in [3.8, 4) is 5.95 Å². The van der Waals surface area contributed by atoms with Gasteiger partial charge in [-0.2, -0.15) is 31.8 Å². The highest BCUT2D eigenvalue weighted by Crippen LogP contribution is 2.20. The smallest absolute Gasteiger partial charge is 0.257 e. The Labute approximate surface area is 121 Å². The fourth-order valence-corrected chi connectivity index (χ4v) is 3.16. The maximum absolute atomic E-state index is 4.44. The lowest BCUT2D eigenvalue weighted by Crippen LogP contribution is -2.26. The van der Waals surface area contributed by atoms with Gasteiger partial charge in [-0.3, -0.25) is 0 Å². The van der Waals surface area contributed by atoms with Gasteiger partial charge >= 0.3 is 0 Å². The van der Waals surface area contributed by atoms with Gasteiger partial charge < -0.3 is 10.6 Å². The summed E-state index contributed by atoms with van der Waals surface area (Å²) in [6.45, 7) is 0. The van der Waals surface area contributed by atoms with Gasteiger partial charge in [0.05, 0.1) is 0 Å². The van der Waals surface area contributed by atoms with Crippen molar-refractivity contribution in [2.75, 3.05) is 29.2 Å². The average molecular weight is 291 g/mol. The van der Waals surface area contributed by atoms with Gasteiger partial charge in [-0.05, 0) is 30.4 Å². The molecule has 20 heavy (non-hydrogen) atoms. The van der Waals surface area contributed by atoms with E-state index in [2.05, 4.69) is 30.7 Å². The molecule has 0 amide bonds. The molecule has 0 aromatic carbocycles. The first-order chi connectivity index (χ1) is 9.85. The van der Waals surface area contributed by atoms with Gasteiger partial charge in [0.25, 0.3) is 5.95 Å². The fraction of sp³-hybridized carbons (Fsp3) is 0.500. The number of nitrogens with zero attached hydrogens (tertiary/aromatic N) is 5. The Morgan fingerprint density at radius 1 is 1.20 bits per heavy atom. The maximum Gasteiger partial charge on any atom is 0.257 e. The first kappa shape index (κ1) is 13.2. The topological polar surface area (TPSA) is 80.5 Å². The number of hydrogen-bond donors (Lipinski definition) is 2. The highest BCUT2D eigenvalue weighted by Gasteiger charge is 2.16. The molecule has 106 valence electrons. The minimum atomic E-state index is 0.439.